The highest BCUT2D eigenvalue weighted by molar-refractivity contribution is 5.80. The van der Waals surface area contributed by atoms with Gasteiger partial charge in [-0.2, -0.15) is 5.10 Å². The van der Waals surface area contributed by atoms with Gasteiger partial charge in [-0.3, -0.25) is 9.48 Å². The molecule has 3 N–H and O–H groups in total. The zero-order valence-electron chi connectivity index (χ0n) is 10.6. The van der Waals surface area contributed by atoms with Gasteiger partial charge in [0.05, 0.1) is 17.8 Å². The number of nitrogens with two attached hydrogens (primary N) is 1. The number of fused-ring (bicyclic) bond motifs is 1. The van der Waals surface area contributed by atoms with E-state index in [0.717, 1.165) is 23.7 Å². The molecule has 0 saturated heterocycles. The number of hydrogen-bond donors (Lipinski definition) is 2. The quantitative estimate of drug-likeness (QED) is 0.863. The predicted molar refractivity (Wildman–Crippen MR) is 71.8 cm³/mol. The van der Waals surface area contributed by atoms with E-state index in [1.165, 1.54) is 0 Å². The number of aromatic nitrogens is 2. The van der Waals surface area contributed by atoms with Gasteiger partial charge in [0.2, 0.25) is 0 Å². The predicted octanol–water partition coefficient (Wildman–Crippen LogP) is 1.93. The molecule has 100 valence electrons. The Hall–Kier alpha value is -1.88. The Morgan fingerprint density at radius 2 is 2.26 bits per heavy atom. The second kappa shape index (κ2) is 4.35. The van der Waals surface area contributed by atoms with Crippen LogP contribution in [0.3, 0.4) is 0 Å². The molecule has 1 aromatic heterocycles. The Labute approximate surface area is 111 Å². The second-order valence-electron chi connectivity index (χ2n) is 5.36. The minimum atomic E-state index is -1.12. The Morgan fingerprint density at radius 3 is 3.05 bits per heavy atom. The van der Waals surface area contributed by atoms with E-state index in [1.54, 1.807) is 0 Å². The van der Waals surface area contributed by atoms with Crippen molar-refractivity contribution in [3.05, 3.63) is 30.5 Å². The second-order valence-corrected chi connectivity index (χ2v) is 5.36. The molecule has 19 heavy (non-hydrogen) atoms. The lowest BCUT2D eigenvalue weighted by atomic mass is 9.80. The maximum absolute atomic E-state index is 11.3. The fourth-order valence-corrected chi connectivity index (χ4v) is 2.96. The van der Waals surface area contributed by atoms with Crippen molar-refractivity contribution in [2.24, 2.45) is 5.73 Å². The molecule has 5 nitrogen and oxygen atoms in total. The molecule has 1 saturated carbocycles. The lowest BCUT2D eigenvalue weighted by Gasteiger charge is -2.34. The summed E-state index contributed by atoms with van der Waals surface area (Å²) in [6.45, 7) is 0. The number of carboxylic acid groups (broad SMARTS) is 1. The fourth-order valence-electron chi connectivity index (χ4n) is 2.96. The van der Waals surface area contributed by atoms with Crippen molar-refractivity contribution in [2.45, 2.75) is 37.3 Å². The summed E-state index contributed by atoms with van der Waals surface area (Å²) in [4.78, 5) is 11.3. The average Bonchev–Trinajstić information content (AvgIpc) is 2.82. The molecule has 1 aliphatic rings. The molecule has 0 aliphatic heterocycles. The number of carboxylic acids is 1. The van der Waals surface area contributed by atoms with E-state index < -0.39 is 11.5 Å². The van der Waals surface area contributed by atoms with Gasteiger partial charge in [0.1, 0.15) is 5.54 Å². The summed E-state index contributed by atoms with van der Waals surface area (Å²) in [5.74, 6) is -0.909. The molecule has 1 aliphatic carbocycles. The van der Waals surface area contributed by atoms with Crippen LogP contribution in [0.4, 0.5) is 0 Å². The Kier molecular flexibility index (Phi) is 2.78. The SMILES string of the molecule is NC1(C(=O)O)CCCC(n2ncc3ccccc32)C1. The maximum Gasteiger partial charge on any atom is 0.323 e. The van der Waals surface area contributed by atoms with Gasteiger partial charge in [0, 0.05) is 5.39 Å². The summed E-state index contributed by atoms with van der Waals surface area (Å²) in [7, 11) is 0. The third-order valence-corrected chi connectivity index (χ3v) is 4.04. The average molecular weight is 259 g/mol. The van der Waals surface area contributed by atoms with Crippen molar-refractivity contribution in [1.29, 1.82) is 0 Å². The molecular formula is C14H17N3O2. The van der Waals surface area contributed by atoms with E-state index in [1.807, 2.05) is 35.1 Å². The van der Waals surface area contributed by atoms with Crippen LogP contribution in [-0.2, 0) is 4.79 Å². The van der Waals surface area contributed by atoms with Gasteiger partial charge in [-0.15, -0.1) is 0 Å². The van der Waals surface area contributed by atoms with Crippen LogP contribution in [0.5, 0.6) is 0 Å². The van der Waals surface area contributed by atoms with Gasteiger partial charge in [0.15, 0.2) is 0 Å². The van der Waals surface area contributed by atoms with Crippen LogP contribution >= 0.6 is 0 Å². The first-order chi connectivity index (χ1) is 9.10. The summed E-state index contributed by atoms with van der Waals surface area (Å²) in [6, 6.07) is 8.02. The molecular weight excluding hydrogens is 242 g/mol. The van der Waals surface area contributed by atoms with Crippen molar-refractivity contribution in [1.82, 2.24) is 9.78 Å². The zero-order chi connectivity index (χ0) is 13.5. The number of aliphatic carboxylic acids is 1. The van der Waals surface area contributed by atoms with Crippen molar-refractivity contribution < 1.29 is 9.90 Å². The largest absolute Gasteiger partial charge is 0.480 e. The topological polar surface area (TPSA) is 81.1 Å². The van der Waals surface area contributed by atoms with E-state index in [9.17, 15) is 9.90 Å². The summed E-state index contributed by atoms with van der Waals surface area (Å²) < 4.78 is 1.93. The third kappa shape index (κ3) is 2.00. The number of benzene rings is 1. The minimum absolute atomic E-state index is 0.0646. The summed E-state index contributed by atoms with van der Waals surface area (Å²) in [5.41, 5.74) is 5.93. The van der Waals surface area contributed by atoms with Gasteiger partial charge in [-0.05, 0) is 31.7 Å². The molecule has 3 rings (SSSR count). The monoisotopic (exact) mass is 259 g/mol. The van der Waals surface area contributed by atoms with Crippen LogP contribution in [0, 0.1) is 0 Å². The number of nitrogens with zero attached hydrogens (tertiary/aromatic N) is 2. The van der Waals surface area contributed by atoms with E-state index in [-0.39, 0.29) is 6.04 Å². The highest BCUT2D eigenvalue weighted by atomic mass is 16.4. The van der Waals surface area contributed by atoms with Crippen molar-refractivity contribution in [3.63, 3.8) is 0 Å². The fraction of sp³-hybridized carbons (Fsp3) is 0.429. The zero-order valence-corrected chi connectivity index (χ0v) is 10.6. The van der Waals surface area contributed by atoms with Crippen molar-refractivity contribution in [3.8, 4) is 0 Å². The molecule has 1 aromatic carbocycles. The lowest BCUT2D eigenvalue weighted by Crippen LogP contribution is -2.51. The van der Waals surface area contributed by atoms with Crippen LogP contribution in [0.25, 0.3) is 10.9 Å². The number of rotatable bonds is 2. The van der Waals surface area contributed by atoms with E-state index in [0.29, 0.717) is 12.8 Å². The summed E-state index contributed by atoms with van der Waals surface area (Å²) >= 11 is 0. The number of carbonyl (C=O) groups is 1. The lowest BCUT2D eigenvalue weighted by molar-refractivity contribution is -0.145. The molecule has 0 amide bonds. The molecule has 2 unspecified atom stereocenters. The van der Waals surface area contributed by atoms with Gasteiger partial charge in [0.25, 0.3) is 0 Å². The van der Waals surface area contributed by atoms with Crippen LogP contribution in [0.15, 0.2) is 30.5 Å². The standard InChI is InChI=1S/C14H17N3O2/c15-14(13(18)19)7-3-5-11(8-14)17-12-6-2-1-4-10(12)9-16-17/h1-2,4,6,9,11H,3,5,7-8,15H2,(H,18,19). The van der Waals surface area contributed by atoms with Gasteiger partial charge in [-0.25, -0.2) is 0 Å². The Bertz CT molecular complexity index is 622. The van der Waals surface area contributed by atoms with Crippen molar-refractivity contribution in [2.75, 3.05) is 0 Å². The maximum atomic E-state index is 11.3. The van der Waals surface area contributed by atoms with Crippen LogP contribution < -0.4 is 5.73 Å². The molecule has 2 atom stereocenters. The van der Waals surface area contributed by atoms with Gasteiger partial charge in [-0.1, -0.05) is 18.2 Å². The molecule has 5 heteroatoms. The first kappa shape index (κ1) is 12.2. The first-order valence-corrected chi connectivity index (χ1v) is 6.55. The molecule has 2 aromatic rings. The molecule has 0 spiro atoms. The minimum Gasteiger partial charge on any atom is -0.480 e. The highest BCUT2D eigenvalue weighted by Gasteiger charge is 2.40. The Balaban J connectivity index is 1.96. The van der Waals surface area contributed by atoms with Gasteiger partial charge < -0.3 is 10.8 Å². The first-order valence-electron chi connectivity index (χ1n) is 6.55. The smallest absolute Gasteiger partial charge is 0.323 e. The van der Waals surface area contributed by atoms with E-state index >= 15 is 0 Å². The number of para-hydroxylation sites is 1. The molecule has 1 fully saturated rings. The van der Waals surface area contributed by atoms with Crippen molar-refractivity contribution >= 4 is 16.9 Å². The van der Waals surface area contributed by atoms with E-state index in [4.69, 9.17) is 5.73 Å². The normalized spacial score (nSPS) is 27.5. The number of hydrogen-bond acceptors (Lipinski definition) is 3. The van der Waals surface area contributed by atoms with E-state index in [2.05, 4.69) is 5.10 Å². The molecule has 1 heterocycles. The summed E-state index contributed by atoms with van der Waals surface area (Å²) in [5, 5.41) is 14.8. The molecule has 0 bridgehead atoms. The van der Waals surface area contributed by atoms with Crippen LogP contribution in [0.1, 0.15) is 31.7 Å². The van der Waals surface area contributed by atoms with Gasteiger partial charge >= 0.3 is 5.97 Å². The van der Waals surface area contributed by atoms with Crippen LogP contribution in [0.2, 0.25) is 0 Å². The third-order valence-electron chi connectivity index (χ3n) is 4.04. The Morgan fingerprint density at radius 1 is 1.47 bits per heavy atom. The molecule has 0 radical (unpaired) electrons. The van der Waals surface area contributed by atoms with Crippen LogP contribution in [-0.4, -0.2) is 26.4 Å². The highest BCUT2D eigenvalue weighted by Crippen LogP contribution is 2.35. The summed E-state index contributed by atoms with van der Waals surface area (Å²) in [6.07, 6.45) is 4.55.